The zero-order chi connectivity index (χ0) is 13.0. The highest BCUT2D eigenvalue weighted by Crippen LogP contribution is 2.32. The van der Waals surface area contributed by atoms with Crippen LogP contribution >= 0.6 is 24.2 Å². The summed E-state index contributed by atoms with van der Waals surface area (Å²) in [6.07, 6.45) is 5.21. The Balaban J connectivity index is 0.00000180. The van der Waals surface area contributed by atoms with Gasteiger partial charge in [0.15, 0.2) is 0 Å². The lowest BCUT2D eigenvalue weighted by Crippen LogP contribution is -2.29. The van der Waals surface area contributed by atoms with E-state index in [1.807, 2.05) is 30.5 Å². The topological polar surface area (TPSA) is 55.1 Å². The fourth-order valence-electron chi connectivity index (χ4n) is 2.57. The van der Waals surface area contributed by atoms with Gasteiger partial charge in [0.25, 0.3) is 0 Å². The molecule has 3 N–H and O–H groups in total. The molecule has 1 aliphatic rings. The first-order valence-electron chi connectivity index (χ1n) is 6.39. The van der Waals surface area contributed by atoms with Gasteiger partial charge in [-0.2, -0.15) is 0 Å². The highest BCUT2D eigenvalue weighted by molar-refractivity contribution is 7.98. The van der Waals surface area contributed by atoms with Crippen molar-refractivity contribution in [3.63, 3.8) is 0 Å². The number of hydrogen-bond donors (Lipinski definition) is 2. The molecule has 0 radical (unpaired) electrons. The smallest absolute Gasteiger partial charge is 0.227 e. The number of carbonyl (C=O) groups is 1. The van der Waals surface area contributed by atoms with E-state index in [0.29, 0.717) is 12.5 Å². The second-order valence-corrected chi connectivity index (χ2v) is 5.63. The Morgan fingerprint density at radius 2 is 2.05 bits per heavy atom. The molecule has 3 nitrogen and oxygen atoms in total. The quantitative estimate of drug-likeness (QED) is 0.840. The maximum Gasteiger partial charge on any atom is 0.227 e. The van der Waals surface area contributed by atoms with Gasteiger partial charge in [-0.05, 0) is 55.8 Å². The van der Waals surface area contributed by atoms with Crippen LogP contribution < -0.4 is 11.1 Å². The number of benzene rings is 1. The second kappa shape index (κ2) is 7.78. The Labute approximate surface area is 125 Å². The third-order valence-electron chi connectivity index (χ3n) is 3.66. The molecular weight excluding hydrogens is 280 g/mol. The number of anilines is 1. The van der Waals surface area contributed by atoms with Gasteiger partial charge in [0.1, 0.15) is 0 Å². The minimum absolute atomic E-state index is 0. The summed E-state index contributed by atoms with van der Waals surface area (Å²) in [6.45, 7) is 0.615. The Kier molecular flexibility index (Phi) is 6.69. The molecule has 5 heteroatoms. The fraction of sp³-hybridized carbons (Fsp3) is 0.500. The van der Waals surface area contributed by atoms with Crippen LogP contribution in [-0.2, 0) is 4.79 Å². The number of nitrogens with two attached hydrogens (primary N) is 1. The van der Waals surface area contributed by atoms with Gasteiger partial charge in [-0.25, -0.2) is 0 Å². The highest BCUT2D eigenvalue weighted by atomic mass is 35.5. The van der Waals surface area contributed by atoms with Gasteiger partial charge in [-0.15, -0.1) is 24.2 Å². The molecule has 1 aliphatic carbocycles. The molecule has 2 atom stereocenters. The largest absolute Gasteiger partial charge is 0.330 e. The van der Waals surface area contributed by atoms with Crippen molar-refractivity contribution in [1.29, 1.82) is 0 Å². The first-order chi connectivity index (χ1) is 8.74. The lowest BCUT2D eigenvalue weighted by Gasteiger charge is -2.17. The molecule has 1 saturated carbocycles. The van der Waals surface area contributed by atoms with E-state index in [9.17, 15) is 4.79 Å². The number of halogens is 1. The second-order valence-electron chi connectivity index (χ2n) is 4.75. The van der Waals surface area contributed by atoms with E-state index in [2.05, 4.69) is 5.32 Å². The molecule has 0 bridgehead atoms. The summed E-state index contributed by atoms with van der Waals surface area (Å²) in [5.74, 6) is 0.575. The third-order valence-corrected chi connectivity index (χ3v) is 4.40. The van der Waals surface area contributed by atoms with Crippen molar-refractivity contribution in [3.8, 4) is 0 Å². The molecular formula is C14H21ClN2OS. The van der Waals surface area contributed by atoms with Crippen LogP contribution in [0.15, 0.2) is 29.2 Å². The Morgan fingerprint density at radius 1 is 1.37 bits per heavy atom. The number of rotatable bonds is 4. The van der Waals surface area contributed by atoms with Gasteiger partial charge in [0.2, 0.25) is 5.91 Å². The molecule has 0 unspecified atom stereocenters. The number of carbonyl (C=O) groups excluding carboxylic acids is 1. The number of amides is 1. The monoisotopic (exact) mass is 300 g/mol. The first-order valence-corrected chi connectivity index (χ1v) is 7.62. The van der Waals surface area contributed by atoms with Crippen LogP contribution in [0, 0.1) is 11.8 Å². The van der Waals surface area contributed by atoms with Crippen molar-refractivity contribution in [2.45, 2.75) is 24.2 Å². The molecule has 0 spiro atoms. The van der Waals surface area contributed by atoms with Crippen molar-refractivity contribution in [3.05, 3.63) is 24.3 Å². The van der Waals surface area contributed by atoms with Crippen molar-refractivity contribution < 1.29 is 4.79 Å². The van der Waals surface area contributed by atoms with E-state index in [1.165, 1.54) is 4.90 Å². The number of hydrogen-bond acceptors (Lipinski definition) is 3. The van der Waals surface area contributed by atoms with Crippen LogP contribution in [0.4, 0.5) is 5.69 Å². The third kappa shape index (κ3) is 4.13. The first kappa shape index (κ1) is 16.3. The molecule has 1 amide bonds. The Bertz CT molecular complexity index is 410. The summed E-state index contributed by atoms with van der Waals surface area (Å²) in [7, 11) is 0. The van der Waals surface area contributed by atoms with E-state index in [-0.39, 0.29) is 24.2 Å². The zero-order valence-corrected chi connectivity index (χ0v) is 12.7. The van der Waals surface area contributed by atoms with Gasteiger partial charge in [0, 0.05) is 16.5 Å². The average Bonchev–Trinajstić information content (AvgIpc) is 2.88. The van der Waals surface area contributed by atoms with Crippen LogP contribution in [0.1, 0.15) is 19.3 Å². The maximum absolute atomic E-state index is 12.2. The molecule has 0 saturated heterocycles. The Hall–Kier alpha value is -0.710. The summed E-state index contributed by atoms with van der Waals surface area (Å²) in [5, 5.41) is 3.00. The summed E-state index contributed by atoms with van der Waals surface area (Å²) in [5.41, 5.74) is 6.59. The fourth-order valence-corrected chi connectivity index (χ4v) is 2.98. The van der Waals surface area contributed by atoms with E-state index < -0.39 is 0 Å². The standard InChI is InChI=1S/C14H20N2OS.ClH/c1-18-12-7-5-11(6-8-12)16-14(17)13-4-2-3-10(13)9-15;/h5-8,10,13H,2-4,9,15H2,1H3,(H,16,17);1H/t10-,13-;/m1./s1. The average molecular weight is 301 g/mol. The molecule has 1 fully saturated rings. The molecule has 0 aliphatic heterocycles. The van der Waals surface area contributed by atoms with Crippen LogP contribution in [0.2, 0.25) is 0 Å². The molecule has 1 aromatic carbocycles. The van der Waals surface area contributed by atoms with E-state index >= 15 is 0 Å². The lowest BCUT2D eigenvalue weighted by atomic mass is 9.95. The van der Waals surface area contributed by atoms with Crippen LogP contribution in [-0.4, -0.2) is 18.7 Å². The van der Waals surface area contributed by atoms with E-state index in [4.69, 9.17) is 5.73 Å². The molecule has 0 heterocycles. The van der Waals surface area contributed by atoms with Crippen LogP contribution in [0.5, 0.6) is 0 Å². The van der Waals surface area contributed by atoms with Crippen LogP contribution in [0.3, 0.4) is 0 Å². The number of nitrogens with one attached hydrogen (secondary N) is 1. The molecule has 19 heavy (non-hydrogen) atoms. The van der Waals surface area contributed by atoms with Gasteiger partial charge < -0.3 is 11.1 Å². The normalized spacial score (nSPS) is 21.8. The minimum Gasteiger partial charge on any atom is -0.330 e. The predicted molar refractivity (Wildman–Crippen MR) is 84.0 cm³/mol. The van der Waals surface area contributed by atoms with Crippen molar-refractivity contribution in [2.24, 2.45) is 17.6 Å². The molecule has 1 aromatic rings. The molecule has 0 aromatic heterocycles. The van der Waals surface area contributed by atoms with Crippen molar-refractivity contribution in [2.75, 3.05) is 18.1 Å². The van der Waals surface area contributed by atoms with Gasteiger partial charge in [-0.1, -0.05) is 6.42 Å². The summed E-state index contributed by atoms with van der Waals surface area (Å²) in [4.78, 5) is 13.4. The van der Waals surface area contributed by atoms with Gasteiger partial charge in [-0.3, -0.25) is 4.79 Å². The summed E-state index contributed by atoms with van der Waals surface area (Å²) < 4.78 is 0. The van der Waals surface area contributed by atoms with E-state index in [0.717, 1.165) is 24.9 Å². The minimum atomic E-state index is 0. The van der Waals surface area contributed by atoms with E-state index in [1.54, 1.807) is 11.8 Å². The summed E-state index contributed by atoms with van der Waals surface area (Å²) >= 11 is 1.70. The van der Waals surface area contributed by atoms with Gasteiger partial charge >= 0.3 is 0 Å². The lowest BCUT2D eigenvalue weighted by molar-refractivity contribution is -0.120. The molecule has 106 valence electrons. The SMILES string of the molecule is CSc1ccc(NC(=O)[C@@H]2CCC[C@@H]2CN)cc1.Cl. The number of thioether (sulfide) groups is 1. The van der Waals surface area contributed by atoms with Crippen LogP contribution in [0.25, 0.3) is 0 Å². The summed E-state index contributed by atoms with van der Waals surface area (Å²) in [6, 6.07) is 7.96. The maximum atomic E-state index is 12.2. The van der Waals surface area contributed by atoms with Crippen molar-refractivity contribution in [1.82, 2.24) is 0 Å². The predicted octanol–water partition coefficient (Wildman–Crippen LogP) is 3.14. The zero-order valence-electron chi connectivity index (χ0n) is 11.1. The van der Waals surface area contributed by atoms with Crippen molar-refractivity contribution >= 4 is 35.8 Å². The molecule has 2 rings (SSSR count). The van der Waals surface area contributed by atoms with Gasteiger partial charge in [0.05, 0.1) is 0 Å². The Morgan fingerprint density at radius 3 is 2.63 bits per heavy atom. The highest BCUT2D eigenvalue weighted by Gasteiger charge is 2.31.